The Morgan fingerprint density at radius 2 is 0.844 bits per heavy atom. The number of rotatable bonds is 20. The van der Waals surface area contributed by atoms with Crippen molar-refractivity contribution in [2.45, 2.75) is 50.4 Å². The topological polar surface area (TPSA) is 220 Å². The maximum absolute atomic E-state index is 13.8. The Bertz CT molecular complexity index is 2470. The van der Waals surface area contributed by atoms with Gasteiger partial charge in [-0.05, 0) is 64.6 Å². The van der Waals surface area contributed by atoms with Gasteiger partial charge in [-0.3, -0.25) is 28.8 Å². The van der Waals surface area contributed by atoms with Gasteiger partial charge in [0.05, 0.1) is 6.42 Å². The summed E-state index contributed by atoms with van der Waals surface area (Å²) in [6.07, 6.45) is 6.95. The van der Waals surface area contributed by atoms with Crippen molar-refractivity contribution in [3.05, 3.63) is 178 Å². The molecule has 328 valence electrons. The van der Waals surface area contributed by atoms with Gasteiger partial charge in [0.25, 0.3) is 11.8 Å². The van der Waals surface area contributed by atoms with Crippen LogP contribution in [0, 0.1) is 0 Å². The second-order valence-electron chi connectivity index (χ2n) is 14.9. The lowest BCUT2D eigenvalue weighted by Gasteiger charge is -2.24. The van der Waals surface area contributed by atoms with E-state index in [9.17, 15) is 38.7 Å². The number of nitrogens with one attached hydrogen (secondary N) is 5. The van der Waals surface area contributed by atoms with E-state index in [0.717, 1.165) is 27.8 Å². The van der Waals surface area contributed by atoms with E-state index in [4.69, 9.17) is 5.11 Å². The second-order valence-corrected chi connectivity index (χ2v) is 14.9. The third-order valence-electron chi connectivity index (χ3n) is 10.0. The summed E-state index contributed by atoms with van der Waals surface area (Å²) in [6, 6.07) is 34.2. The van der Waals surface area contributed by atoms with Crippen molar-refractivity contribution >= 4 is 65.8 Å². The van der Waals surface area contributed by atoms with E-state index in [2.05, 4.69) is 26.6 Å². The second kappa shape index (κ2) is 23.2. The minimum Gasteiger partial charge on any atom is -0.481 e. The first-order chi connectivity index (χ1) is 30.8. The number of hydrogen-bond acceptors (Lipinski definition) is 7. The molecule has 0 aliphatic heterocycles. The van der Waals surface area contributed by atoms with Gasteiger partial charge in [0.15, 0.2) is 0 Å². The molecule has 4 atom stereocenters. The van der Waals surface area contributed by atoms with Crippen molar-refractivity contribution in [2.75, 3.05) is 7.05 Å². The molecule has 5 amide bonds. The van der Waals surface area contributed by atoms with Crippen LogP contribution in [0.5, 0.6) is 0 Å². The third-order valence-corrected chi connectivity index (χ3v) is 10.0. The molecule has 7 N–H and O–H groups in total. The van der Waals surface area contributed by atoms with Crippen molar-refractivity contribution in [2.24, 2.45) is 0 Å². The van der Waals surface area contributed by atoms with Crippen molar-refractivity contribution in [3.63, 3.8) is 0 Å². The average molecular weight is 864 g/mol. The van der Waals surface area contributed by atoms with Crippen LogP contribution in [0.15, 0.2) is 133 Å². The Hall–Kier alpha value is -8.13. The van der Waals surface area contributed by atoms with Crippen LogP contribution in [-0.4, -0.2) is 82.9 Å². The SMILES string of the molecule is CNC(=O)c1ccc(/C=C/c2ccc(/C=C/c3ccc(C(=O)N[C@@H](Cc4ccccc4)C(=O)N[C@@H](C)C(=O)N[C@@H](Cc4ccccc4)C(=O)N[C@@H](CC(=O)O)C(=O)O)cc3)cc2)cc1. The highest BCUT2D eigenvalue weighted by molar-refractivity contribution is 5.99. The average Bonchev–Trinajstić information content (AvgIpc) is 3.30. The van der Waals surface area contributed by atoms with Gasteiger partial charge in [-0.15, -0.1) is 0 Å². The fourth-order valence-corrected chi connectivity index (χ4v) is 6.42. The summed E-state index contributed by atoms with van der Waals surface area (Å²) in [6.45, 7) is 1.40. The summed E-state index contributed by atoms with van der Waals surface area (Å²) >= 11 is 0. The summed E-state index contributed by atoms with van der Waals surface area (Å²) in [7, 11) is 1.59. The number of carboxylic acids is 2. The molecule has 5 aromatic rings. The zero-order valence-corrected chi connectivity index (χ0v) is 35.2. The summed E-state index contributed by atoms with van der Waals surface area (Å²) in [5, 5.41) is 31.4. The van der Waals surface area contributed by atoms with Crippen molar-refractivity contribution in [1.82, 2.24) is 26.6 Å². The number of carboxylic acid groups (broad SMARTS) is 2. The minimum atomic E-state index is -1.75. The maximum atomic E-state index is 13.8. The lowest BCUT2D eigenvalue weighted by molar-refractivity contribution is -0.147. The first kappa shape index (κ1) is 46.9. The van der Waals surface area contributed by atoms with Crippen LogP contribution < -0.4 is 26.6 Å². The van der Waals surface area contributed by atoms with E-state index >= 15 is 0 Å². The molecule has 64 heavy (non-hydrogen) atoms. The van der Waals surface area contributed by atoms with Gasteiger partial charge < -0.3 is 36.8 Å². The largest absolute Gasteiger partial charge is 0.481 e. The molecule has 0 aromatic heterocycles. The van der Waals surface area contributed by atoms with Gasteiger partial charge >= 0.3 is 11.9 Å². The number of hydrogen-bond donors (Lipinski definition) is 7. The fourth-order valence-electron chi connectivity index (χ4n) is 6.42. The number of carbonyl (C=O) groups excluding carboxylic acids is 5. The van der Waals surface area contributed by atoms with Gasteiger partial charge in [-0.2, -0.15) is 0 Å². The number of benzene rings is 5. The van der Waals surface area contributed by atoms with Crippen LogP contribution in [0.3, 0.4) is 0 Å². The van der Waals surface area contributed by atoms with Gasteiger partial charge in [-0.25, -0.2) is 4.79 Å². The normalized spacial score (nSPS) is 12.9. The van der Waals surface area contributed by atoms with Gasteiger partial charge in [0.2, 0.25) is 17.7 Å². The zero-order chi connectivity index (χ0) is 46.0. The van der Waals surface area contributed by atoms with Crippen molar-refractivity contribution in [1.29, 1.82) is 0 Å². The highest BCUT2D eigenvalue weighted by Crippen LogP contribution is 2.15. The zero-order valence-electron chi connectivity index (χ0n) is 35.2. The van der Waals surface area contributed by atoms with Crippen LogP contribution in [0.1, 0.15) is 67.4 Å². The summed E-state index contributed by atoms with van der Waals surface area (Å²) in [4.78, 5) is 88.8. The number of carbonyl (C=O) groups is 7. The molecule has 5 rings (SSSR count). The molecule has 14 nitrogen and oxygen atoms in total. The van der Waals surface area contributed by atoms with Crippen LogP contribution in [0.4, 0.5) is 0 Å². The van der Waals surface area contributed by atoms with Crippen LogP contribution >= 0.6 is 0 Å². The van der Waals surface area contributed by atoms with Crippen LogP contribution in [0.25, 0.3) is 24.3 Å². The van der Waals surface area contributed by atoms with E-state index in [1.807, 2.05) is 66.8 Å². The van der Waals surface area contributed by atoms with Gasteiger partial charge in [-0.1, -0.05) is 133 Å². The molecule has 5 aromatic carbocycles. The predicted molar refractivity (Wildman–Crippen MR) is 243 cm³/mol. The molecule has 0 aliphatic carbocycles. The first-order valence-electron chi connectivity index (χ1n) is 20.4. The van der Waals surface area contributed by atoms with Crippen LogP contribution in [-0.2, 0) is 36.8 Å². The van der Waals surface area contributed by atoms with E-state index in [1.54, 1.807) is 98.0 Å². The molecule has 0 saturated carbocycles. The lowest BCUT2D eigenvalue weighted by Crippen LogP contribution is -2.57. The molecule has 0 radical (unpaired) electrons. The minimum absolute atomic E-state index is 0.0639. The summed E-state index contributed by atoms with van der Waals surface area (Å²) < 4.78 is 0. The Balaban J connectivity index is 1.21. The van der Waals surface area contributed by atoms with Crippen LogP contribution in [0.2, 0.25) is 0 Å². The molecular formula is C50H49N5O9. The Labute approximate surface area is 370 Å². The lowest BCUT2D eigenvalue weighted by atomic mass is 10.0. The predicted octanol–water partition coefficient (Wildman–Crippen LogP) is 5.00. The fraction of sp³-hybridized carbons (Fsp3) is 0.180. The summed E-state index contributed by atoms with van der Waals surface area (Å²) in [5.41, 5.74) is 6.01. The quantitative estimate of drug-likeness (QED) is 0.0523. The maximum Gasteiger partial charge on any atom is 0.326 e. The molecule has 14 heteroatoms. The van der Waals surface area contributed by atoms with Gasteiger partial charge in [0, 0.05) is 31.0 Å². The molecule has 0 saturated heterocycles. The molecular weight excluding hydrogens is 815 g/mol. The van der Waals surface area contributed by atoms with E-state index in [-0.39, 0.29) is 18.7 Å². The first-order valence-corrected chi connectivity index (χ1v) is 20.4. The highest BCUT2D eigenvalue weighted by Gasteiger charge is 2.31. The highest BCUT2D eigenvalue weighted by atomic mass is 16.4. The Kier molecular flexibility index (Phi) is 17.0. The van der Waals surface area contributed by atoms with Crippen molar-refractivity contribution in [3.8, 4) is 0 Å². The van der Waals surface area contributed by atoms with E-state index in [1.165, 1.54) is 6.92 Å². The Morgan fingerprint density at radius 3 is 1.25 bits per heavy atom. The van der Waals surface area contributed by atoms with Gasteiger partial charge in [0.1, 0.15) is 24.2 Å². The molecule has 0 heterocycles. The Morgan fingerprint density at radius 1 is 0.469 bits per heavy atom. The molecule has 0 fully saturated rings. The van der Waals surface area contributed by atoms with E-state index in [0.29, 0.717) is 16.7 Å². The monoisotopic (exact) mass is 863 g/mol. The number of amides is 5. The molecule has 0 spiro atoms. The molecule has 0 aliphatic rings. The summed E-state index contributed by atoms with van der Waals surface area (Å²) in [5.74, 6) is -6.04. The molecule has 0 unspecified atom stereocenters. The number of aliphatic carboxylic acids is 2. The van der Waals surface area contributed by atoms with E-state index < -0.39 is 66.2 Å². The smallest absolute Gasteiger partial charge is 0.326 e. The standard InChI is InChI=1S/C50H49N5O9/c1-32(45(58)53-42(30-38-11-7-4-8-12-38)49(62)55-43(50(63)64)31-44(56)57)52-48(61)41(29-37-9-5-3-6-10-37)54-47(60)40-27-23-36(24-28-40)20-18-34-15-13-33(14-16-34)17-19-35-21-25-39(26-22-35)46(59)51-2/h3-28,32,41-43H,29-31H2,1-2H3,(H,51,59)(H,52,61)(H,53,58)(H,54,60)(H,55,62)(H,56,57)(H,63,64)/b19-17+,20-18+/t32-,41-,42-,43-/m0/s1. The molecule has 0 bridgehead atoms. The third kappa shape index (κ3) is 14.5. The van der Waals surface area contributed by atoms with Crippen molar-refractivity contribution < 1.29 is 43.8 Å².